The molecule has 2 aromatic carbocycles. The highest BCUT2D eigenvalue weighted by Gasteiger charge is 2.52. The molecule has 3 aliphatic heterocycles. The van der Waals surface area contributed by atoms with Crippen molar-refractivity contribution in [3.63, 3.8) is 0 Å². The van der Waals surface area contributed by atoms with E-state index in [-0.39, 0.29) is 115 Å². The van der Waals surface area contributed by atoms with Gasteiger partial charge in [-0.3, -0.25) is 4.79 Å². The number of nitrogens with zero attached hydrogens (tertiary/aromatic N) is 6. The Labute approximate surface area is 333 Å². The highest BCUT2D eigenvalue weighted by molar-refractivity contribution is 6.04. The zero-order valence-corrected chi connectivity index (χ0v) is 32.1. The van der Waals surface area contributed by atoms with Gasteiger partial charge in [-0.1, -0.05) is 12.0 Å². The number of rotatable bonds is 9. The maximum Gasteiger partial charge on any atom is 0.471 e. The molecule has 4 aromatic rings. The number of anilines is 1. The second-order valence-electron chi connectivity index (χ2n) is 16.3. The first-order valence-corrected chi connectivity index (χ1v) is 19.4. The monoisotopic (exact) mass is 832 g/mol. The molecule has 4 fully saturated rings. The lowest BCUT2D eigenvalue weighted by atomic mass is 9.95. The molecule has 2 aromatic heterocycles. The van der Waals surface area contributed by atoms with Crippen molar-refractivity contribution in [2.24, 2.45) is 11.3 Å². The van der Waals surface area contributed by atoms with Gasteiger partial charge in [-0.25, -0.2) is 13.8 Å². The third-order valence-electron chi connectivity index (χ3n) is 11.8. The number of terminal acetylenes is 1. The molecule has 59 heavy (non-hydrogen) atoms. The molecule has 3 saturated heterocycles. The largest absolute Gasteiger partial charge is 0.508 e. The van der Waals surface area contributed by atoms with Crippen LogP contribution >= 0.6 is 0 Å². The normalized spacial score (nSPS) is 21.1. The van der Waals surface area contributed by atoms with Crippen LogP contribution in [0.15, 0.2) is 24.3 Å². The quantitative estimate of drug-likeness (QED) is 0.134. The van der Waals surface area contributed by atoms with Gasteiger partial charge in [-0.2, -0.15) is 36.3 Å². The second-order valence-corrected chi connectivity index (χ2v) is 16.3. The number of amides is 1. The van der Waals surface area contributed by atoms with Crippen LogP contribution in [0.2, 0.25) is 0 Å². The Morgan fingerprint density at radius 3 is 2.25 bits per heavy atom. The van der Waals surface area contributed by atoms with E-state index in [1.54, 1.807) is 18.7 Å². The molecule has 10 nitrogen and oxygen atoms in total. The number of piperidine rings is 1. The summed E-state index contributed by atoms with van der Waals surface area (Å²) in [5.74, 6) is -3.27. The number of ether oxygens (including phenoxy) is 2. The average Bonchev–Trinajstić information content (AvgIpc) is 3.89. The van der Waals surface area contributed by atoms with Gasteiger partial charge in [0.2, 0.25) is 5.88 Å². The summed E-state index contributed by atoms with van der Waals surface area (Å²) < 4.78 is 126. The van der Waals surface area contributed by atoms with Crippen LogP contribution in [-0.2, 0) is 4.79 Å². The average molecular weight is 833 g/mol. The Kier molecular flexibility index (Phi) is 10.2. The number of pyridine rings is 1. The number of phenols is 1. The number of likely N-dealkylation sites (tertiary alicyclic amines) is 1. The lowest BCUT2D eigenvalue weighted by Gasteiger charge is -2.42. The lowest BCUT2D eigenvalue weighted by Crippen LogP contribution is -2.59. The van der Waals surface area contributed by atoms with Crippen molar-refractivity contribution in [2.75, 3.05) is 44.2 Å². The maximum atomic E-state index is 17.4. The van der Waals surface area contributed by atoms with Crippen molar-refractivity contribution < 1.29 is 54.5 Å². The third-order valence-corrected chi connectivity index (χ3v) is 11.8. The highest BCUT2D eigenvalue weighted by atomic mass is 19.4. The Morgan fingerprint density at radius 1 is 0.983 bits per heavy atom. The minimum atomic E-state index is -5.08. The Bertz CT molecular complexity index is 2340. The van der Waals surface area contributed by atoms with Crippen LogP contribution in [0.1, 0.15) is 57.9 Å². The van der Waals surface area contributed by atoms with E-state index in [4.69, 9.17) is 20.9 Å². The topological polar surface area (TPSA) is 104 Å². The number of carbonyl (C=O) groups excluding carboxylic acids is 1. The minimum Gasteiger partial charge on any atom is -0.508 e. The number of hydrogen-bond donors (Lipinski definition) is 1. The summed E-state index contributed by atoms with van der Waals surface area (Å²) in [5, 5.41) is 11.1. The molecule has 0 spiro atoms. The number of carbonyl (C=O) groups is 1. The van der Waals surface area contributed by atoms with Crippen molar-refractivity contribution in [1.82, 2.24) is 24.8 Å². The Morgan fingerprint density at radius 2 is 1.66 bits per heavy atom. The van der Waals surface area contributed by atoms with Crippen LogP contribution in [0.3, 0.4) is 0 Å². The van der Waals surface area contributed by atoms with Gasteiger partial charge in [0.1, 0.15) is 34.0 Å². The van der Waals surface area contributed by atoms with Crippen LogP contribution in [0.5, 0.6) is 17.6 Å². The second kappa shape index (κ2) is 14.8. The number of halogens is 8. The molecular weight excluding hydrogens is 792 g/mol. The molecule has 2 bridgehead atoms. The first-order chi connectivity index (χ1) is 27.9. The SMILES string of the molecule is C#Cc1c(F)ccc2cc(O)cc(-c3nc(OC(C)C)c4c(N5CC6CCC(C5)N6C(=O)C(F)(F)F)nc(OCC5(CN6CCC(C(F)(F)F)CC6)CC5)nc4c3F)c12. The summed E-state index contributed by atoms with van der Waals surface area (Å²) in [6.07, 6.45) is -2.24. The van der Waals surface area contributed by atoms with Gasteiger partial charge >= 0.3 is 24.3 Å². The van der Waals surface area contributed by atoms with Gasteiger partial charge in [-0.15, -0.1) is 6.42 Å². The van der Waals surface area contributed by atoms with E-state index in [1.807, 2.05) is 4.90 Å². The molecule has 314 valence electrons. The van der Waals surface area contributed by atoms with Gasteiger partial charge in [0.15, 0.2) is 5.82 Å². The third kappa shape index (κ3) is 7.73. The molecule has 18 heteroatoms. The van der Waals surface area contributed by atoms with Crippen LogP contribution in [0, 0.1) is 35.3 Å². The van der Waals surface area contributed by atoms with Crippen LogP contribution in [0.25, 0.3) is 32.9 Å². The number of piperazine rings is 1. The first-order valence-electron chi connectivity index (χ1n) is 19.4. The summed E-state index contributed by atoms with van der Waals surface area (Å²) in [6, 6.07) is 3.01. The fourth-order valence-corrected chi connectivity index (χ4v) is 8.83. The number of phenolic OH excluding ortho intramolecular Hbond substituents is 1. The van der Waals surface area contributed by atoms with E-state index in [1.165, 1.54) is 18.2 Å². The lowest BCUT2D eigenvalue weighted by molar-refractivity contribution is -0.188. The first kappa shape index (κ1) is 40.6. The Hall–Kier alpha value is -5.18. The zero-order valence-electron chi connectivity index (χ0n) is 32.1. The molecule has 1 aliphatic carbocycles. The number of aromatic nitrogens is 3. The summed E-state index contributed by atoms with van der Waals surface area (Å²) in [6.45, 7) is 4.20. The molecule has 2 unspecified atom stereocenters. The smallest absolute Gasteiger partial charge is 0.471 e. The van der Waals surface area contributed by atoms with Gasteiger partial charge in [0.05, 0.1) is 36.3 Å². The molecule has 4 aliphatic rings. The van der Waals surface area contributed by atoms with Crippen LogP contribution < -0.4 is 14.4 Å². The standard InChI is InChI=1S/C41H40F8N6O4/c1-4-27-29(42)8-5-22-15-26(56)16-28(30(22)27)33-32(43)34-31(36(50-33)59-21(2)3)35(54-17-24-6-7-25(18-54)55(24)37(57)41(47,48)49)52-38(51-34)58-20-39(11-12-39)19-53-13-9-23(10-14-53)40(44,45)46/h1,5,8,15-16,21,23-25,56H,6-7,9-14,17-20H2,2-3H3. The minimum absolute atomic E-state index is 0.0121. The molecule has 0 radical (unpaired) electrons. The van der Waals surface area contributed by atoms with Crippen LogP contribution in [0.4, 0.5) is 40.9 Å². The van der Waals surface area contributed by atoms with Crippen molar-refractivity contribution in [3.8, 4) is 41.2 Å². The fraction of sp³-hybridized carbons (Fsp3) is 0.512. The van der Waals surface area contributed by atoms with E-state index in [0.29, 0.717) is 19.4 Å². The van der Waals surface area contributed by atoms with Crippen molar-refractivity contribution in [2.45, 2.75) is 82.9 Å². The van der Waals surface area contributed by atoms with Gasteiger partial charge in [-0.05, 0) is 89.0 Å². The molecule has 1 amide bonds. The maximum absolute atomic E-state index is 17.4. The molecule has 1 N–H and O–H groups in total. The van der Waals surface area contributed by atoms with E-state index < -0.39 is 65.1 Å². The summed E-state index contributed by atoms with van der Waals surface area (Å²) in [5.41, 5.74) is -1.49. The summed E-state index contributed by atoms with van der Waals surface area (Å²) in [4.78, 5) is 30.7. The molecule has 2 atom stereocenters. The van der Waals surface area contributed by atoms with E-state index in [0.717, 1.165) is 11.0 Å². The predicted molar refractivity (Wildman–Crippen MR) is 200 cm³/mol. The van der Waals surface area contributed by atoms with E-state index in [2.05, 4.69) is 15.9 Å². The van der Waals surface area contributed by atoms with Gasteiger partial charge in [0, 0.05) is 36.0 Å². The van der Waals surface area contributed by atoms with Crippen molar-refractivity contribution in [3.05, 3.63) is 41.5 Å². The van der Waals surface area contributed by atoms with Crippen molar-refractivity contribution in [1.29, 1.82) is 0 Å². The molecule has 8 rings (SSSR count). The van der Waals surface area contributed by atoms with E-state index in [9.17, 15) is 36.2 Å². The predicted octanol–water partition coefficient (Wildman–Crippen LogP) is 7.77. The number of alkyl halides is 6. The number of aromatic hydroxyl groups is 1. The summed E-state index contributed by atoms with van der Waals surface area (Å²) in [7, 11) is 0. The van der Waals surface area contributed by atoms with E-state index >= 15 is 8.78 Å². The summed E-state index contributed by atoms with van der Waals surface area (Å²) >= 11 is 0. The zero-order chi connectivity index (χ0) is 42.2. The molecular formula is C41H40F8N6O4. The number of hydrogen-bond acceptors (Lipinski definition) is 9. The molecule has 1 saturated carbocycles. The fourth-order valence-electron chi connectivity index (χ4n) is 8.83. The van der Waals surface area contributed by atoms with Gasteiger partial charge < -0.3 is 29.3 Å². The highest BCUT2D eigenvalue weighted by Crippen LogP contribution is 2.48. The number of fused-ring (bicyclic) bond motifs is 4. The Balaban J connectivity index is 1.23. The van der Waals surface area contributed by atoms with Crippen molar-refractivity contribution >= 4 is 33.4 Å². The molecule has 5 heterocycles. The number of benzene rings is 2. The van der Waals surface area contributed by atoms with Gasteiger partial charge in [0.25, 0.3) is 0 Å². The van der Waals surface area contributed by atoms with Crippen LogP contribution in [-0.4, -0.2) is 106 Å².